The minimum atomic E-state index is -0.298. The molecule has 0 aromatic heterocycles. The summed E-state index contributed by atoms with van der Waals surface area (Å²) in [6.45, 7) is 2.25. The smallest absolute Gasteiger partial charge is 0.127 e. The highest BCUT2D eigenvalue weighted by molar-refractivity contribution is 6.33. The van der Waals surface area contributed by atoms with Crippen LogP contribution in [0.5, 0.6) is 0 Å². The third-order valence-corrected chi connectivity index (χ3v) is 2.24. The fraction of sp³-hybridized carbons (Fsp3) is 0.200. The van der Waals surface area contributed by atoms with Gasteiger partial charge in [-0.05, 0) is 24.6 Å². The van der Waals surface area contributed by atoms with Gasteiger partial charge in [0.1, 0.15) is 5.82 Å². The summed E-state index contributed by atoms with van der Waals surface area (Å²) in [7, 11) is 0. The fourth-order valence-corrected chi connectivity index (χ4v) is 1.31. The molecule has 0 saturated carbocycles. The lowest BCUT2D eigenvalue weighted by Crippen LogP contribution is -1.99. The summed E-state index contributed by atoms with van der Waals surface area (Å²) in [5, 5.41) is 3.38. The molecule has 0 aliphatic heterocycles. The van der Waals surface area contributed by atoms with Gasteiger partial charge in [-0.2, -0.15) is 0 Å². The molecule has 0 fully saturated rings. The second kappa shape index (κ2) is 5.23. The molecule has 1 aromatic carbocycles. The van der Waals surface area contributed by atoms with Gasteiger partial charge in [0.15, 0.2) is 0 Å². The van der Waals surface area contributed by atoms with E-state index in [2.05, 4.69) is 5.32 Å². The maximum atomic E-state index is 13.0. The molecule has 0 heterocycles. The van der Waals surface area contributed by atoms with E-state index in [0.29, 0.717) is 22.8 Å². The lowest BCUT2D eigenvalue weighted by atomic mass is 10.2. The van der Waals surface area contributed by atoms with Gasteiger partial charge in [0.05, 0.1) is 10.7 Å². The van der Waals surface area contributed by atoms with Gasteiger partial charge in [-0.1, -0.05) is 29.3 Å². The summed E-state index contributed by atoms with van der Waals surface area (Å²) in [5.41, 5.74) is 2.68. The number of nitrogens with one attached hydrogen (secondary N) is 1. The van der Waals surface area contributed by atoms with E-state index in [1.807, 2.05) is 0 Å². The van der Waals surface area contributed by atoms with Crippen LogP contribution >= 0.6 is 23.2 Å². The topological polar surface area (TPSA) is 12.0 Å². The van der Waals surface area contributed by atoms with Gasteiger partial charge in [-0.25, -0.2) is 4.39 Å². The Bertz CT molecular complexity index is 350. The van der Waals surface area contributed by atoms with Crippen molar-refractivity contribution in [3.63, 3.8) is 0 Å². The molecule has 1 N–H and O–H groups in total. The first-order valence-corrected chi connectivity index (χ1v) is 4.91. The van der Waals surface area contributed by atoms with Crippen LogP contribution in [0.2, 0.25) is 5.02 Å². The van der Waals surface area contributed by atoms with Crippen LogP contribution in [0.3, 0.4) is 0 Å². The number of halogens is 3. The molecule has 0 amide bonds. The van der Waals surface area contributed by atoms with Crippen molar-refractivity contribution < 1.29 is 4.39 Å². The second-order valence-corrected chi connectivity index (χ2v) is 3.48. The summed E-state index contributed by atoms with van der Waals surface area (Å²) >= 11 is 11.2. The van der Waals surface area contributed by atoms with E-state index in [0.717, 1.165) is 0 Å². The van der Waals surface area contributed by atoms with Gasteiger partial charge in [0.2, 0.25) is 0 Å². The molecular weight excluding hydrogens is 224 g/mol. The molecule has 0 spiro atoms. The van der Waals surface area contributed by atoms with Gasteiger partial charge in [0, 0.05) is 12.1 Å². The van der Waals surface area contributed by atoms with Crippen LogP contribution in [0.25, 0.3) is 0 Å². The molecule has 0 atom stereocenters. The summed E-state index contributed by atoms with van der Waals surface area (Å²) in [4.78, 5) is 0. The van der Waals surface area contributed by atoms with E-state index < -0.39 is 0 Å². The van der Waals surface area contributed by atoms with Gasteiger partial charge in [0.25, 0.3) is 0 Å². The van der Waals surface area contributed by atoms with E-state index >= 15 is 0 Å². The quantitative estimate of drug-likeness (QED) is 0.834. The fourth-order valence-electron chi connectivity index (χ4n) is 1.01. The second-order valence-electron chi connectivity index (χ2n) is 2.82. The van der Waals surface area contributed by atoms with Crippen LogP contribution in [0.1, 0.15) is 5.56 Å². The van der Waals surface area contributed by atoms with E-state index in [1.54, 1.807) is 19.1 Å². The largest absolute Gasteiger partial charge is 0.380 e. The van der Waals surface area contributed by atoms with Crippen LogP contribution < -0.4 is 5.32 Å². The van der Waals surface area contributed by atoms with E-state index in [1.165, 1.54) is 11.6 Å². The summed E-state index contributed by atoms with van der Waals surface area (Å²) < 4.78 is 13.0. The van der Waals surface area contributed by atoms with Gasteiger partial charge < -0.3 is 5.32 Å². The van der Waals surface area contributed by atoms with Crippen molar-refractivity contribution in [2.24, 2.45) is 0 Å². The Morgan fingerprint density at radius 3 is 2.86 bits per heavy atom. The molecule has 0 aliphatic rings. The van der Waals surface area contributed by atoms with E-state index in [4.69, 9.17) is 23.2 Å². The van der Waals surface area contributed by atoms with Crippen molar-refractivity contribution in [3.05, 3.63) is 40.1 Å². The van der Waals surface area contributed by atoms with Crippen molar-refractivity contribution in [2.75, 3.05) is 11.9 Å². The Hall–Kier alpha value is -0.730. The van der Waals surface area contributed by atoms with Gasteiger partial charge in [-0.3, -0.25) is 0 Å². The van der Waals surface area contributed by atoms with E-state index in [9.17, 15) is 4.39 Å². The van der Waals surface area contributed by atoms with Crippen LogP contribution in [-0.2, 0) is 0 Å². The van der Waals surface area contributed by atoms with Crippen LogP contribution in [0, 0.1) is 12.7 Å². The molecular formula is C10H10Cl2FN. The summed E-state index contributed by atoms with van der Waals surface area (Å²) in [6.07, 6.45) is 1.73. The molecule has 14 heavy (non-hydrogen) atoms. The number of benzene rings is 1. The first kappa shape index (κ1) is 11.3. The first-order chi connectivity index (χ1) is 6.65. The van der Waals surface area contributed by atoms with Crippen LogP contribution in [0.4, 0.5) is 10.1 Å². The molecule has 4 heteroatoms. The molecule has 0 bridgehead atoms. The minimum Gasteiger partial charge on any atom is -0.380 e. The summed E-state index contributed by atoms with van der Waals surface area (Å²) in [6, 6.07) is 2.96. The standard InChI is InChI=1S/C10H10Cl2FN/c1-7-5-10(14-4-2-3-11)8(12)6-9(7)13/h2-3,5-6,14H,4H2,1H3/b3-2+. The van der Waals surface area contributed by atoms with Crippen LogP contribution in [-0.4, -0.2) is 6.54 Å². The Labute approximate surface area is 92.5 Å². The zero-order valence-corrected chi connectivity index (χ0v) is 9.16. The predicted octanol–water partition coefficient (Wildman–Crippen LogP) is 3.95. The molecule has 0 radical (unpaired) electrons. The van der Waals surface area contributed by atoms with Crippen molar-refractivity contribution in [1.82, 2.24) is 0 Å². The Kier molecular flexibility index (Phi) is 4.23. The maximum Gasteiger partial charge on any atom is 0.127 e. The number of hydrogen-bond donors (Lipinski definition) is 1. The zero-order valence-electron chi connectivity index (χ0n) is 7.65. The lowest BCUT2D eigenvalue weighted by Gasteiger charge is -2.07. The number of rotatable bonds is 3. The third kappa shape index (κ3) is 2.89. The highest BCUT2D eigenvalue weighted by Crippen LogP contribution is 2.24. The Morgan fingerprint density at radius 2 is 2.21 bits per heavy atom. The molecule has 0 aliphatic carbocycles. The first-order valence-electron chi connectivity index (χ1n) is 4.10. The van der Waals surface area contributed by atoms with Gasteiger partial charge >= 0.3 is 0 Å². The molecule has 1 aromatic rings. The number of anilines is 1. The minimum absolute atomic E-state index is 0.298. The average molecular weight is 234 g/mol. The number of hydrogen-bond acceptors (Lipinski definition) is 1. The molecule has 76 valence electrons. The maximum absolute atomic E-state index is 13.0. The number of aryl methyl sites for hydroxylation is 1. The molecule has 0 saturated heterocycles. The molecule has 0 unspecified atom stereocenters. The highest BCUT2D eigenvalue weighted by Gasteiger charge is 2.04. The predicted molar refractivity (Wildman–Crippen MR) is 59.6 cm³/mol. The van der Waals surface area contributed by atoms with Crippen molar-refractivity contribution in [3.8, 4) is 0 Å². The SMILES string of the molecule is Cc1cc(NC/C=C/Cl)c(Cl)cc1F. The van der Waals surface area contributed by atoms with Crippen LogP contribution in [0.15, 0.2) is 23.7 Å². The zero-order chi connectivity index (χ0) is 10.6. The average Bonchev–Trinajstić information content (AvgIpc) is 2.14. The van der Waals surface area contributed by atoms with Crippen molar-refractivity contribution in [2.45, 2.75) is 6.92 Å². The van der Waals surface area contributed by atoms with E-state index in [-0.39, 0.29) is 5.82 Å². The highest BCUT2D eigenvalue weighted by atomic mass is 35.5. The van der Waals surface area contributed by atoms with Crippen molar-refractivity contribution in [1.29, 1.82) is 0 Å². The Balaban J connectivity index is 2.81. The van der Waals surface area contributed by atoms with Crippen molar-refractivity contribution >= 4 is 28.9 Å². The van der Waals surface area contributed by atoms with Gasteiger partial charge in [-0.15, -0.1) is 0 Å². The Morgan fingerprint density at radius 1 is 1.50 bits per heavy atom. The third-order valence-electron chi connectivity index (χ3n) is 1.75. The summed E-state index contributed by atoms with van der Waals surface area (Å²) in [5.74, 6) is -0.298. The molecule has 1 nitrogen and oxygen atoms in total. The molecule has 1 rings (SSSR count). The lowest BCUT2D eigenvalue weighted by molar-refractivity contribution is 0.619. The monoisotopic (exact) mass is 233 g/mol. The normalized spacial score (nSPS) is 10.9.